The summed E-state index contributed by atoms with van der Waals surface area (Å²) >= 11 is 0. The number of alkyl halides is 3. The molecule has 2 aliphatic rings. The van der Waals surface area contributed by atoms with Gasteiger partial charge in [0.2, 0.25) is 11.7 Å². The molecular weight excluding hydrogens is 477 g/mol. The molecule has 0 spiro atoms. The zero-order valence-corrected chi connectivity index (χ0v) is 20.4. The maximum atomic E-state index is 15.5. The molecule has 36 heavy (non-hydrogen) atoms. The van der Waals surface area contributed by atoms with E-state index in [1.54, 1.807) is 50.4 Å². The van der Waals surface area contributed by atoms with E-state index in [0.29, 0.717) is 33.3 Å². The van der Waals surface area contributed by atoms with Crippen LogP contribution < -0.4 is 0 Å². The molecular formula is C27H24F5N3O. The van der Waals surface area contributed by atoms with Crippen molar-refractivity contribution in [3.63, 3.8) is 0 Å². The predicted octanol–water partition coefficient (Wildman–Crippen LogP) is 7.40. The molecule has 0 radical (unpaired) electrons. The lowest BCUT2D eigenvalue weighted by molar-refractivity contribution is -0.210. The Morgan fingerprint density at radius 1 is 1.06 bits per heavy atom. The normalized spacial score (nSPS) is 18.4. The van der Waals surface area contributed by atoms with Crippen molar-refractivity contribution in [3.05, 3.63) is 70.0 Å². The van der Waals surface area contributed by atoms with Crippen LogP contribution in [0.4, 0.5) is 22.0 Å². The van der Waals surface area contributed by atoms with E-state index in [2.05, 4.69) is 9.98 Å². The molecule has 0 saturated heterocycles. The standard InChI is InChI=1S/C27H24F5N3O/c1-13-14(2)22(29)21-17-8-9-19(28)34-25(17)36-24(21)20(13)23-16-7-6-15(10-18(16)33-12-35(23)5)11-26(3,4)27(30,31)32/h6-10,12,18H,11H2,1-5H3. The number of hydrogen-bond donors (Lipinski definition) is 0. The van der Waals surface area contributed by atoms with Gasteiger partial charge in [0.05, 0.1) is 34.3 Å². The monoisotopic (exact) mass is 501 g/mol. The van der Waals surface area contributed by atoms with Gasteiger partial charge in [0.25, 0.3) is 0 Å². The summed E-state index contributed by atoms with van der Waals surface area (Å²) in [7, 11) is 1.78. The Morgan fingerprint density at radius 3 is 2.47 bits per heavy atom. The van der Waals surface area contributed by atoms with Gasteiger partial charge in [-0.05, 0) is 49.1 Å². The molecule has 3 aromatic rings. The predicted molar refractivity (Wildman–Crippen MR) is 130 cm³/mol. The molecule has 1 aliphatic heterocycles. The summed E-state index contributed by atoms with van der Waals surface area (Å²) in [6, 6.07) is 2.08. The lowest BCUT2D eigenvalue weighted by Gasteiger charge is -2.33. The number of allylic oxidation sites excluding steroid dienone is 2. The van der Waals surface area contributed by atoms with E-state index in [1.807, 2.05) is 0 Å². The maximum Gasteiger partial charge on any atom is 0.394 e. The average molecular weight is 501 g/mol. The van der Waals surface area contributed by atoms with Crippen molar-refractivity contribution >= 4 is 34.1 Å². The van der Waals surface area contributed by atoms with Crippen molar-refractivity contribution in [1.82, 2.24) is 9.88 Å². The highest BCUT2D eigenvalue weighted by Crippen LogP contribution is 2.45. The first-order valence-electron chi connectivity index (χ1n) is 11.4. The minimum atomic E-state index is -4.35. The molecule has 1 aliphatic carbocycles. The first-order chi connectivity index (χ1) is 16.8. The van der Waals surface area contributed by atoms with Gasteiger partial charge in [-0.1, -0.05) is 32.1 Å². The first kappa shape index (κ1) is 24.2. The fourth-order valence-corrected chi connectivity index (χ4v) is 4.81. The molecule has 0 bridgehead atoms. The van der Waals surface area contributed by atoms with E-state index in [9.17, 15) is 17.6 Å². The lowest BCUT2D eigenvalue weighted by atomic mass is 9.81. The number of benzene rings is 1. The van der Waals surface area contributed by atoms with Crippen LogP contribution in [0.25, 0.3) is 27.8 Å². The van der Waals surface area contributed by atoms with Gasteiger partial charge in [-0.25, -0.2) is 4.39 Å². The minimum Gasteiger partial charge on any atom is -0.437 e. The fourth-order valence-electron chi connectivity index (χ4n) is 4.81. The zero-order chi connectivity index (χ0) is 26.2. The summed E-state index contributed by atoms with van der Waals surface area (Å²) < 4.78 is 75.6. The van der Waals surface area contributed by atoms with Crippen molar-refractivity contribution in [1.29, 1.82) is 0 Å². The molecule has 4 nitrogen and oxygen atoms in total. The number of halogens is 5. The summed E-state index contributed by atoms with van der Waals surface area (Å²) in [6.45, 7) is 5.79. The quantitative estimate of drug-likeness (QED) is 0.277. The van der Waals surface area contributed by atoms with Crippen LogP contribution in [0.15, 0.2) is 50.9 Å². The molecule has 0 saturated carbocycles. The van der Waals surface area contributed by atoms with Crippen molar-refractivity contribution < 1.29 is 26.4 Å². The molecule has 188 valence electrons. The lowest BCUT2D eigenvalue weighted by Crippen LogP contribution is -2.33. The summed E-state index contributed by atoms with van der Waals surface area (Å²) in [4.78, 5) is 10.1. The van der Waals surface area contributed by atoms with Crippen molar-refractivity contribution in [3.8, 4) is 0 Å². The highest BCUT2D eigenvalue weighted by molar-refractivity contribution is 6.09. The van der Waals surface area contributed by atoms with E-state index in [-0.39, 0.29) is 23.1 Å². The summed E-state index contributed by atoms with van der Waals surface area (Å²) in [6.07, 6.45) is 2.23. The van der Waals surface area contributed by atoms with Gasteiger partial charge in [-0.3, -0.25) is 4.99 Å². The number of nitrogens with zero attached hydrogens (tertiary/aromatic N) is 3. The van der Waals surface area contributed by atoms with Crippen molar-refractivity contribution in [2.24, 2.45) is 10.4 Å². The van der Waals surface area contributed by atoms with Crippen LogP contribution in [0.2, 0.25) is 0 Å². The molecule has 0 amide bonds. The van der Waals surface area contributed by atoms with E-state index < -0.39 is 29.4 Å². The van der Waals surface area contributed by atoms with E-state index in [1.165, 1.54) is 19.9 Å². The van der Waals surface area contributed by atoms with Gasteiger partial charge in [-0.2, -0.15) is 22.5 Å². The van der Waals surface area contributed by atoms with Gasteiger partial charge in [0, 0.05) is 18.2 Å². The first-order valence-corrected chi connectivity index (χ1v) is 11.4. The van der Waals surface area contributed by atoms with Crippen LogP contribution in [-0.2, 0) is 0 Å². The molecule has 0 N–H and O–H groups in total. The van der Waals surface area contributed by atoms with Gasteiger partial charge in [-0.15, -0.1) is 0 Å². The fraction of sp³-hybridized carbons (Fsp3) is 0.333. The third kappa shape index (κ3) is 3.63. The number of pyridine rings is 1. The molecule has 9 heteroatoms. The molecule has 1 aromatic carbocycles. The second-order valence-electron chi connectivity index (χ2n) is 9.99. The summed E-state index contributed by atoms with van der Waals surface area (Å²) in [5.74, 6) is -1.21. The Morgan fingerprint density at radius 2 is 1.78 bits per heavy atom. The Balaban J connectivity index is 1.71. The minimum absolute atomic E-state index is 0.0137. The molecule has 0 fully saturated rings. The molecule has 5 rings (SSSR count). The summed E-state index contributed by atoms with van der Waals surface area (Å²) in [5.41, 5.74) is 1.92. The zero-order valence-electron chi connectivity index (χ0n) is 20.4. The number of aromatic nitrogens is 1. The number of furan rings is 1. The second-order valence-corrected chi connectivity index (χ2v) is 9.99. The smallest absolute Gasteiger partial charge is 0.394 e. The summed E-state index contributed by atoms with van der Waals surface area (Å²) in [5, 5.41) is 0.567. The van der Waals surface area contributed by atoms with Crippen LogP contribution in [0.3, 0.4) is 0 Å². The van der Waals surface area contributed by atoms with Crippen LogP contribution in [0, 0.1) is 31.0 Å². The Hall–Kier alpha value is -3.49. The van der Waals surface area contributed by atoms with E-state index in [0.717, 1.165) is 11.6 Å². The molecule has 1 atom stereocenters. The molecule has 3 heterocycles. The van der Waals surface area contributed by atoms with E-state index in [4.69, 9.17) is 4.42 Å². The highest BCUT2D eigenvalue weighted by atomic mass is 19.4. The van der Waals surface area contributed by atoms with Gasteiger partial charge < -0.3 is 9.32 Å². The highest BCUT2D eigenvalue weighted by Gasteiger charge is 2.47. The van der Waals surface area contributed by atoms with Crippen molar-refractivity contribution in [2.45, 2.75) is 46.3 Å². The SMILES string of the molecule is Cc1c(C)c(F)c2c(oc3nc(F)ccc32)c1C1=C2C=CC(CC(C)(C)C(F)(F)F)=CC2N=CN1C. The van der Waals surface area contributed by atoms with Crippen molar-refractivity contribution in [2.75, 3.05) is 7.05 Å². The number of aliphatic imine (C=N–C) groups is 1. The topological polar surface area (TPSA) is 41.6 Å². The molecule has 2 aromatic heterocycles. The largest absolute Gasteiger partial charge is 0.437 e. The number of hydrogen-bond acceptors (Lipinski definition) is 4. The average Bonchev–Trinajstić information content (AvgIpc) is 3.16. The van der Waals surface area contributed by atoms with Crippen LogP contribution in [0.1, 0.15) is 37.0 Å². The Bertz CT molecular complexity index is 1540. The van der Waals surface area contributed by atoms with Gasteiger partial charge in [0.1, 0.15) is 11.4 Å². The molecule has 1 unspecified atom stereocenters. The second kappa shape index (κ2) is 8.01. The van der Waals surface area contributed by atoms with Gasteiger partial charge >= 0.3 is 6.18 Å². The third-order valence-corrected chi connectivity index (χ3v) is 7.08. The Labute approximate surface area is 204 Å². The maximum absolute atomic E-state index is 15.5. The van der Waals surface area contributed by atoms with Crippen LogP contribution in [-0.4, -0.2) is 35.5 Å². The van der Waals surface area contributed by atoms with Crippen LogP contribution in [0.5, 0.6) is 0 Å². The van der Waals surface area contributed by atoms with E-state index >= 15 is 4.39 Å². The Kier molecular flexibility index (Phi) is 5.39. The van der Waals surface area contributed by atoms with Gasteiger partial charge in [0.15, 0.2) is 0 Å². The number of rotatable bonds is 3. The third-order valence-electron chi connectivity index (χ3n) is 7.08. The number of fused-ring (bicyclic) bond motifs is 4. The van der Waals surface area contributed by atoms with Crippen LogP contribution >= 0.6 is 0 Å².